The van der Waals surface area contributed by atoms with Crippen molar-refractivity contribution in [2.75, 3.05) is 7.11 Å². The average molecular weight is 440 g/mol. The van der Waals surface area contributed by atoms with Gasteiger partial charge in [-0.25, -0.2) is 4.98 Å². The molecular formula is C24H16N4O5. The second kappa shape index (κ2) is 8.04. The minimum Gasteiger partial charge on any atom is -0.490 e. The molecule has 0 amide bonds. The zero-order chi connectivity index (χ0) is 22.9. The molecule has 9 nitrogen and oxygen atoms in total. The van der Waals surface area contributed by atoms with E-state index in [-0.39, 0.29) is 17.3 Å². The van der Waals surface area contributed by atoms with E-state index in [1.54, 1.807) is 36.4 Å². The first kappa shape index (κ1) is 20.1. The molecule has 2 heterocycles. The zero-order valence-electron chi connectivity index (χ0n) is 17.3. The first-order valence-corrected chi connectivity index (χ1v) is 9.93. The van der Waals surface area contributed by atoms with E-state index in [4.69, 9.17) is 9.15 Å². The van der Waals surface area contributed by atoms with Crippen molar-refractivity contribution in [1.82, 2.24) is 9.66 Å². The van der Waals surface area contributed by atoms with Gasteiger partial charge in [0.05, 0.1) is 29.2 Å². The number of hydrogen-bond acceptors (Lipinski definition) is 7. The largest absolute Gasteiger partial charge is 0.490 e. The highest BCUT2D eigenvalue weighted by molar-refractivity contribution is 5.87. The number of para-hydroxylation sites is 3. The average Bonchev–Trinajstić information content (AvgIpc) is 3.27. The van der Waals surface area contributed by atoms with Gasteiger partial charge >= 0.3 is 5.69 Å². The first-order valence-electron chi connectivity index (χ1n) is 9.93. The van der Waals surface area contributed by atoms with Gasteiger partial charge in [0.15, 0.2) is 5.76 Å². The Kier molecular flexibility index (Phi) is 4.91. The molecule has 0 aliphatic heterocycles. The number of hydrogen-bond donors (Lipinski definition) is 0. The highest BCUT2D eigenvalue weighted by atomic mass is 16.6. The van der Waals surface area contributed by atoms with Crippen molar-refractivity contribution in [1.29, 1.82) is 0 Å². The quantitative estimate of drug-likeness (QED) is 0.224. The van der Waals surface area contributed by atoms with E-state index >= 15 is 0 Å². The van der Waals surface area contributed by atoms with Gasteiger partial charge in [-0.3, -0.25) is 14.9 Å². The van der Waals surface area contributed by atoms with Crippen LogP contribution >= 0.6 is 0 Å². The Labute approximate surface area is 186 Å². The fourth-order valence-corrected chi connectivity index (χ4v) is 3.61. The van der Waals surface area contributed by atoms with Crippen molar-refractivity contribution in [3.8, 4) is 17.3 Å². The molecule has 5 rings (SSSR count). The molecular weight excluding hydrogens is 424 g/mol. The maximum absolute atomic E-state index is 13.3. The molecule has 0 saturated heterocycles. The topological polar surface area (TPSA) is 113 Å². The molecule has 0 aliphatic carbocycles. The van der Waals surface area contributed by atoms with Gasteiger partial charge < -0.3 is 9.15 Å². The number of fused-ring (bicyclic) bond motifs is 2. The van der Waals surface area contributed by atoms with Crippen LogP contribution in [0.25, 0.3) is 33.5 Å². The van der Waals surface area contributed by atoms with Crippen LogP contribution in [-0.2, 0) is 0 Å². The van der Waals surface area contributed by atoms with E-state index < -0.39 is 10.5 Å². The molecule has 9 heteroatoms. The van der Waals surface area contributed by atoms with Gasteiger partial charge in [-0.1, -0.05) is 36.4 Å². The summed E-state index contributed by atoms with van der Waals surface area (Å²) in [7, 11) is 1.34. The summed E-state index contributed by atoms with van der Waals surface area (Å²) in [6.45, 7) is 0. The van der Waals surface area contributed by atoms with Crippen LogP contribution < -0.4 is 10.3 Å². The van der Waals surface area contributed by atoms with Gasteiger partial charge in [-0.05, 0) is 30.3 Å². The van der Waals surface area contributed by atoms with Gasteiger partial charge in [-0.2, -0.15) is 9.78 Å². The highest BCUT2D eigenvalue weighted by Gasteiger charge is 2.19. The Balaban J connectivity index is 1.73. The van der Waals surface area contributed by atoms with E-state index in [2.05, 4.69) is 10.1 Å². The number of nitro groups is 1. The van der Waals surface area contributed by atoms with E-state index in [0.29, 0.717) is 27.8 Å². The molecule has 0 unspecified atom stereocenters. The summed E-state index contributed by atoms with van der Waals surface area (Å²) in [6, 6.07) is 20.6. The molecule has 162 valence electrons. The number of rotatable bonds is 5. The summed E-state index contributed by atoms with van der Waals surface area (Å²) >= 11 is 0. The van der Waals surface area contributed by atoms with Crippen LogP contribution in [0.3, 0.4) is 0 Å². The maximum atomic E-state index is 13.3. The van der Waals surface area contributed by atoms with Crippen molar-refractivity contribution in [2.45, 2.75) is 0 Å². The Hall–Kier alpha value is -4.79. The molecule has 0 radical (unpaired) electrons. The fourth-order valence-electron chi connectivity index (χ4n) is 3.61. The van der Waals surface area contributed by atoms with Crippen LogP contribution in [0.2, 0.25) is 0 Å². The minimum absolute atomic E-state index is 0.0401. The lowest BCUT2D eigenvalue weighted by Crippen LogP contribution is -2.20. The molecule has 0 spiro atoms. The number of benzene rings is 3. The number of ether oxygens (including phenoxy) is 1. The smallest absolute Gasteiger partial charge is 0.311 e. The van der Waals surface area contributed by atoms with Crippen LogP contribution in [0.15, 0.2) is 87.1 Å². The minimum atomic E-state index is -0.542. The molecule has 5 aromatic rings. The second-order valence-electron chi connectivity index (χ2n) is 7.12. The first-order chi connectivity index (χ1) is 16.1. The third kappa shape index (κ3) is 3.51. The third-order valence-corrected chi connectivity index (χ3v) is 5.14. The van der Waals surface area contributed by atoms with Crippen LogP contribution in [0.1, 0.15) is 5.56 Å². The van der Waals surface area contributed by atoms with Crippen LogP contribution in [0.4, 0.5) is 5.69 Å². The fraction of sp³-hybridized carbons (Fsp3) is 0.0417. The highest BCUT2D eigenvalue weighted by Crippen LogP contribution is 2.30. The molecule has 0 aliphatic rings. The summed E-state index contributed by atoms with van der Waals surface area (Å²) in [5.74, 6) is 0.607. The number of aromatic nitrogens is 2. The predicted molar refractivity (Wildman–Crippen MR) is 124 cm³/mol. The van der Waals surface area contributed by atoms with Crippen molar-refractivity contribution < 1.29 is 14.1 Å². The standard InChI is InChI=1S/C24H16N4O5/c1-32-22-16(8-6-11-19(22)28(30)31)14-25-27-23(21-13-15-7-2-5-12-20(15)33-21)26-18-10-4-3-9-17(18)24(27)29/h2-14H,1H3. The molecule has 0 bridgehead atoms. The summed E-state index contributed by atoms with van der Waals surface area (Å²) in [5, 5.41) is 16.9. The molecule has 2 aromatic heterocycles. The van der Waals surface area contributed by atoms with Crippen LogP contribution in [-0.4, -0.2) is 27.9 Å². The molecule has 0 fully saturated rings. The zero-order valence-corrected chi connectivity index (χ0v) is 17.3. The number of nitro benzene ring substituents is 1. The summed E-state index contributed by atoms with van der Waals surface area (Å²) in [6.07, 6.45) is 1.33. The van der Waals surface area contributed by atoms with Gasteiger partial charge in [-0.15, -0.1) is 0 Å². The molecule has 33 heavy (non-hydrogen) atoms. The van der Waals surface area contributed by atoms with Gasteiger partial charge in [0, 0.05) is 17.0 Å². The van der Waals surface area contributed by atoms with Gasteiger partial charge in [0.2, 0.25) is 11.6 Å². The normalized spacial score (nSPS) is 11.4. The summed E-state index contributed by atoms with van der Waals surface area (Å²) < 4.78 is 12.3. The third-order valence-electron chi connectivity index (χ3n) is 5.14. The Morgan fingerprint density at radius 2 is 1.88 bits per heavy atom. The lowest BCUT2D eigenvalue weighted by molar-refractivity contribution is -0.385. The van der Waals surface area contributed by atoms with Crippen LogP contribution in [0, 0.1) is 10.1 Å². The lowest BCUT2D eigenvalue weighted by Gasteiger charge is -2.08. The van der Waals surface area contributed by atoms with Crippen molar-refractivity contribution in [2.24, 2.45) is 5.10 Å². The molecule has 0 atom stereocenters. The van der Waals surface area contributed by atoms with Crippen LogP contribution in [0.5, 0.6) is 5.75 Å². The summed E-state index contributed by atoms with van der Waals surface area (Å²) in [4.78, 5) is 28.7. The van der Waals surface area contributed by atoms with Gasteiger partial charge in [0.25, 0.3) is 5.56 Å². The maximum Gasteiger partial charge on any atom is 0.311 e. The van der Waals surface area contributed by atoms with E-state index in [9.17, 15) is 14.9 Å². The molecule has 0 N–H and O–H groups in total. The number of furan rings is 1. The molecule has 3 aromatic carbocycles. The van der Waals surface area contributed by atoms with Crippen molar-refractivity contribution in [3.05, 3.63) is 98.8 Å². The number of methoxy groups -OCH3 is 1. The van der Waals surface area contributed by atoms with Crippen molar-refractivity contribution in [3.63, 3.8) is 0 Å². The Morgan fingerprint density at radius 3 is 2.67 bits per heavy atom. The van der Waals surface area contributed by atoms with Gasteiger partial charge in [0.1, 0.15) is 5.58 Å². The van der Waals surface area contributed by atoms with E-state index in [1.165, 1.54) is 25.5 Å². The second-order valence-corrected chi connectivity index (χ2v) is 7.12. The van der Waals surface area contributed by atoms with E-state index in [1.807, 2.05) is 24.3 Å². The monoisotopic (exact) mass is 440 g/mol. The SMILES string of the molecule is COc1c(C=Nn2c(-c3cc4ccccc4o3)nc3ccccc3c2=O)cccc1[N+](=O)[O-]. The van der Waals surface area contributed by atoms with E-state index in [0.717, 1.165) is 10.1 Å². The Bertz CT molecular complexity index is 1580. The Morgan fingerprint density at radius 1 is 1.09 bits per heavy atom. The lowest BCUT2D eigenvalue weighted by atomic mass is 10.2. The molecule has 0 saturated carbocycles. The number of nitrogens with zero attached hydrogens (tertiary/aromatic N) is 4. The summed E-state index contributed by atoms with van der Waals surface area (Å²) in [5.41, 5.74) is 0.866. The predicted octanol–water partition coefficient (Wildman–Crippen LogP) is 4.61. The van der Waals surface area contributed by atoms with Crippen molar-refractivity contribution >= 4 is 33.8 Å².